The van der Waals surface area contributed by atoms with Crippen LogP contribution in [-0.2, 0) is 14.8 Å². The Bertz CT molecular complexity index is 536. The summed E-state index contributed by atoms with van der Waals surface area (Å²) in [5.74, 6) is 0.0754. The Morgan fingerprint density at radius 2 is 2.20 bits per heavy atom. The third-order valence-electron chi connectivity index (χ3n) is 3.44. The van der Waals surface area contributed by atoms with Crippen molar-refractivity contribution in [2.45, 2.75) is 45.8 Å². The normalized spacial score (nSPS) is 20.9. The van der Waals surface area contributed by atoms with Crippen molar-refractivity contribution in [1.29, 1.82) is 0 Å². The van der Waals surface area contributed by atoms with Gasteiger partial charge in [-0.05, 0) is 45.7 Å². The van der Waals surface area contributed by atoms with E-state index >= 15 is 0 Å². The molecule has 114 valence electrons. The summed E-state index contributed by atoms with van der Waals surface area (Å²) in [6.45, 7) is 6.79. The van der Waals surface area contributed by atoms with Gasteiger partial charge in [0.2, 0.25) is 10.0 Å². The molecule has 4 nitrogen and oxygen atoms in total. The fourth-order valence-electron chi connectivity index (χ4n) is 2.50. The van der Waals surface area contributed by atoms with E-state index in [-0.39, 0.29) is 24.5 Å². The fourth-order valence-corrected chi connectivity index (χ4v) is 5.14. The lowest BCUT2D eigenvalue weighted by atomic mass is 10.2. The van der Waals surface area contributed by atoms with Gasteiger partial charge in [-0.15, -0.1) is 11.3 Å². The zero-order chi connectivity index (χ0) is 14.8. The Balaban J connectivity index is 2.06. The van der Waals surface area contributed by atoms with Crippen molar-refractivity contribution in [1.82, 2.24) is 4.31 Å². The molecule has 0 aliphatic carbocycles. The van der Waals surface area contributed by atoms with Crippen molar-refractivity contribution in [2.75, 3.05) is 18.9 Å². The van der Waals surface area contributed by atoms with Gasteiger partial charge >= 0.3 is 0 Å². The molecule has 20 heavy (non-hydrogen) atoms. The maximum absolute atomic E-state index is 12.5. The van der Waals surface area contributed by atoms with Crippen LogP contribution in [0, 0.1) is 6.92 Å². The van der Waals surface area contributed by atoms with Gasteiger partial charge in [-0.2, -0.15) is 4.31 Å². The zero-order valence-corrected chi connectivity index (χ0v) is 14.0. The van der Waals surface area contributed by atoms with Gasteiger partial charge in [0.05, 0.1) is 24.5 Å². The van der Waals surface area contributed by atoms with E-state index in [4.69, 9.17) is 4.74 Å². The molecule has 0 saturated carbocycles. The number of nitrogens with zero attached hydrogens (tertiary/aromatic N) is 1. The van der Waals surface area contributed by atoms with E-state index in [9.17, 15) is 8.42 Å². The molecule has 1 aliphatic rings. The third-order valence-corrected chi connectivity index (χ3v) is 6.38. The first-order valence-corrected chi connectivity index (χ1v) is 9.50. The quantitative estimate of drug-likeness (QED) is 0.810. The highest BCUT2D eigenvalue weighted by molar-refractivity contribution is 7.89. The fraction of sp³-hybridized carbons (Fsp3) is 0.714. The molecule has 2 rings (SSSR count). The highest BCUT2D eigenvalue weighted by Crippen LogP contribution is 2.37. The van der Waals surface area contributed by atoms with Crippen LogP contribution in [0.3, 0.4) is 0 Å². The van der Waals surface area contributed by atoms with Crippen LogP contribution in [0.1, 0.15) is 42.5 Å². The van der Waals surface area contributed by atoms with Gasteiger partial charge in [-0.1, -0.05) is 0 Å². The number of thiophene rings is 1. The minimum atomic E-state index is -3.23. The van der Waals surface area contributed by atoms with E-state index in [1.807, 2.05) is 13.8 Å². The molecule has 1 aromatic rings. The molecule has 0 aromatic carbocycles. The highest BCUT2D eigenvalue weighted by atomic mass is 32.2. The van der Waals surface area contributed by atoms with Gasteiger partial charge in [0.15, 0.2) is 0 Å². The second-order valence-corrected chi connectivity index (χ2v) is 8.81. The zero-order valence-electron chi connectivity index (χ0n) is 12.3. The van der Waals surface area contributed by atoms with E-state index in [1.165, 1.54) is 4.88 Å². The topological polar surface area (TPSA) is 46.6 Å². The van der Waals surface area contributed by atoms with Crippen molar-refractivity contribution in [3.63, 3.8) is 0 Å². The number of hydrogen-bond donors (Lipinski definition) is 0. The first-order valence-electron chi connectivity index (χ1n) is 7.07. The van der Waals surface area contributed by atoms with Crippen LogP contribution in [0.15, 0.2) is 12.1 Å². The molecule has 0 spiro atoms. The van der Waals surface area contributed by atoms with Crippen LogP contribution in [-0.4, -0.2) is 37.7 Å². The van der Waals surface area contributed by atoms with Crippen molar-refractivity contribution in [2.24, 2.45) is 0 Å². The van der Waals surface area contributed by atoms with Crippen LogP contribution in [0.4, 0.5) is 0 Å². The Morgan fingerprint density at radius 3 is 2.80 bits per heavy atom. The number of aryl methyl sites for hydroxylation is 1. The average molecular weight is 317 g/mol. The SMILES string of the molecule is Cc1ccc([C@@H]2CCCN2S(=O)(=O)CCOC(C)C)s1. The Kier molecular flexibility index (Phi) is 5.23. The van der Waals surface area contributed by atoms with Gasteiger partial charge in [0, 0.05) is 16.3 Å². The van der Waals surface area contributed by atoms with E-state index in [2.05, 4.69) is 19.1 Å². The van der Waals surface area contributed by atoms with Crippen LogP contribution in [0.2, 0.25) is 0 Å². The van der Waals surface area contributed by atoms with Crippen LogP contribution >= 0.6 is 11.3 Å². The van der Waals surface area contributed by atoms with E-state index in [0.29, 0.717) is 6.54 Å². The molecule has 0 bridgehead atoms. The van der Waals surface area contributed by atoms with Crippen molar-refractivity contribution in [3.8, 4) is 0 Å². The van der Waals surface area contributed by atoms with Crippen LogP contribution in [0.25, 0.3) is 0 Å². The minimum Gasteiger partial charge on any atom is -0.378 e. The first kappa shape index (κ1) is 15.9. The number of rotatable bonds is 6. The summed E-state index contributed by atoms with van der Waals surface area (Å²) in [4.78, 5) is 2.39. The largest absolute Gasteiger partial charge is 0.378 e. The van der Waals surface area contributed by atoms with Gasteiger partial charge in [0.1, 0.15) is 0 Å². The summed E-state index contributed by atoms with van der Waals surface area (Å²) < 4.78 is 32.0. The lowest BCUT2D eigenvalue weighted by molar-refractivity contribution is 0.0906. The summed E-state index contributed by atoms with van der Waals surface area (Å²) in [6, 6.07) is 4.14. The summed E-state index contributed by atoms with van der Waals surface area (Å²) in [7, 11) is -3.23. The standard InChI is InChI=1S/C14H23NO3S2/c1-11(2)18-9-10-20(16,17)15-8-4-5-13(15)14-7-6-12(3)19-14/h6-7,11,13H,4-5,8-10H2,1-3H3/t13-/m0/s1. The van der Waals surface area contributed by atoms with Gasteiger partial charge in [0.25, 0.3) is 0 Å². The molecule has 0 unspecified atom stereocenters. The second kappa shape index (κ2) is 6.56. The van der Waals surface area contributed by atoms with Crippen LogP contribution < -0.4 is 0 Å². The molecule has 6 heteroatoms. The molecule has 0 amide bonds. The third kappa shape index (κ3) is 3.81. The first-order chi connectivity index (χ1) is 9.40. The van der Waals surface area contributed by atoms with Crippen molar-refractivity contribution < 1.29 is 13.2 Å². The van der Waals surface area contributed by atoms with E-state index in [1.54, 1.807) is 15.6 Å². The van der Waals surface area contributed by atoms with Gasteiger partial charge in [-0.3, -0.25) is 0 Å². The van der Waals surface area contributed by atoms with Crippen LogP contribution in [0.5, 0.6) is 0 Å². The molecule has 1 aliphatic heterocycles. The summed E-state index contributed by atoms with van der Waals surface area (Å²) in [6.07, 6.45) is 1.93. The molecule has 2 heterocycles. The molecule has 1 saturated heterocycles. The van der Waals surface area contributed by atoms with Gasteiger partial charge in [-0.25, -0.2) is 8.42 Å². The van der Waals surface area contributed by atoms with E-state index < -0.39 is 10.0 Å². The van der Waals surface area contributed by atoms with Gasteiger partial charge < -0.3 is 4.74 Å². The molecule has 1 atom stereocenters. The summed E-state index contributed by atoms with van der Waals surface area (Å²) >= 11 is 1.70. The number of sulfonamides is 1. The second-order valence-electron chi connectivity index (χ2n) is 5.45. The van der Waals surface area contributed by atoms with Crippen molar-refractivity contribution >= 4 is 21.4 Å². The predicted octanol–water partition coefficient (Wildman–Crippen LogP) is 2.95. The maximum Gasteiger partial charge on any atom is 0.216 e. The maximum atomic E-state index is 12.5. The number of hydrogen-bond acceptors (Lipinski definition) is 4. The lowest BCUT2D eigenvalue weighted by Gasteiger charge is -2.23. The average Bonchev–Trinajstić information content (AvgIpc) is 2.95. The molecule has 1 aromatic heterocycles. The Labute approximate surface area is 125 Å². The smallest absolute Gasteiger partial charge is 0.216 e. The summed E-state index contributed by atoms with van der Waals surface area (Å²) in [5, 5.41) is 0. The monoisotopic (exact) mass is 317 g/mol. The Morgan fingerprint density at radius 1 is 1.45 bits per heavy atom. The molecular formula is C14H23NO3S2. The molecule has 1 fully saturated rings. The minimum absolute atomic E-state index is 0.0257. The Hall–Kier alpha value is -0.430. The molecular weight excluding hydrogens is 294 g/mol. The van der Waals surface area contributed by atoms with E-state index in [0.717, 1.165) is 17.7 Å². The highest BCUT2D eigenvalue weighted by Gasteiger charge is 2.35. The predicted molar refractivity (Wildman–Crippen MR) is 82.6 cm³/mol. The lowest BCUT2D eigenvalue weighted by Crippen LogP contribution is -2.34. The molecule has 0 radical (unpaired) electrons. The molecule has 0 N–H and O–H groups in total. The van der Waals surface area contributed by atoms with Crippen molar-refractivity contribution in [3.05, 3.63) is 21.9 Å². The number of ether oxygens (including phenoxy) is 1. The summed E-state index contributed by atoms with van der Waals surface area (Å²) in [5.41, 5.74) is 0.